The Morgan fingerprint density at radius 3 is 2.57 bits per heavy atom. The fourth-order valence-electron chi connectivity index (χ4n) is 4.15. The summed E-state index contributed by atoms with van der Waals surface area (Å²) in [6.07, 6.45) is 7.24. The molecule has 1 fully saturated rings. The number of amides is 1. The molecule has 1 saturated carbocycles. The van der Waals surface area contributed by atoms with Crippen LogP contribution in [0.4, 0.5) is 16.4 Å². The molecule has 5 N–H and O–H groups in total. The smallest absolute Gasteiger partial charge is 0.404 e. The van der Waals surface area contributed by atoms with Gasteiger partial charge in [-0.15, -0.1) is 11.3 Å². The van der Waals surface area contributed by atoms with E-state index in [1.54, 1.807) is 51.5 Å². The minimum atomic E-state index is -3.83. The number of primary amides is 1. The van der Waals surface area contributed by atoms with Crippen LogP contribution in [-0.4, -0.2) is 41.1 Å². The van der Waals surface area contributed by atoms with Crippen molar-refractivity contribution in [2.75, 3.05) is 5.32 Å². The van der Waals surface area contributed by atoms with Gasteiger partial charge in [0.15, 0.2) is 0 Å². The molecule has 0 spiro atoms. The molecule has 10 nitrogen and oxygen atoms in total. The summed E-state index contributed by atoms with van der Waals surface area (Å²) in [5.41, 5.74) is 5.67. The number of imidazole rings is 1. The van der Waals surface area contributed by atoms with Crippen molar-refractivity contribution in [1.29, 1.82) is 0 Å². The van der Waals surface area contributed by atoms with Gasteiger partial charge in [0.2, 0.25) is 16.0 Å². The fourth-order valence-corrected chi connectivity index (χ4v) is 7.00. The molecule has 1 aliphatic rings. The van der Waals surface area contributed by atoms with E-state index >= 15 is 0 Å². The SMILES string of the molecule is CC(C)(C)NS(=O)(=O)c1cc(Nc2ncc[nH]2)ccc1-c1cnc([C@H]2CC[C@H](OC(N)=O)CC2)s1. The number of hydrogen-bond acceptors (Lipinski definition) is 8. The Hall–Kier alpha value is -2.96. The monoisotopic (exact) mass is 518 g/mol. The second-order valence-electron chi connectivity index (χ2n) is 9.60. The van der Waals surface area contributed by atoms with E-state index in [0.717, 1.165) is 35.6 Å². The number of carbonyl (C=O) groups excluding carboxylic acids is 1. The van der Waals surface area contributed by atoms with E-state index in [0.29, 0.717) is 17.2 Å². The van der Waals surface area contributed by atoms with E-state index in [1.165, 1.54) is 11.3 Å². The van der Waals surface area contributed by atoms with Crippen molar-refractivity contribution in [3.05, 3.63) is 41.8 Å². The number of nitrogens with two attached hydrogens (primary N) is 1. The summed E-state index contributed by atoms with van der Waals surface area (Å²) >= 11 is 1.49. The number of aromatic amines is 1. The zero-order valence-electron chi connectivity index (χ0n) is 19.9. The van der Waals surface area contributed by atoms with Crippen LogP contribution in [0.25, 0.3) is 10.4 Å². The number of ether oxygens (including phenoxy) is 1. The maximum atomic E-state index is 13.4. The highest BCUT2D eigenvalue weighted by Gasteiger charge is 2.29. The molecule has 1 aromatic carbocycles. The van der Waals surface area contributed by atoms with Crippen LogP contribution in [0, 0.1) is 0 Å². The third kappa shape index (κ3) is 6.38. The van der Waals surface area contributed by atoms with Crippen molar-refractivity contribution in [3.63, 3.8) is 0 Å². The number of carbonyl (C=O) groups is 1. The van der Waals surface area contributed by atoms with Crippen LogP contribution in [0.1, 0.15) is 57.4 Å². The van der Waals surface area contributed by atoms with E-state index in [1.807, 2.05) is 6.07 Å². The molecule has 4 rings (SSSR count). The number of hydrogen-bond donors (Lipinski definition) is 4. The molecular formula is C23H30N6O4S2. The summed E-state index contributed by atoms with van der Waals surface area (Å²) in [5, 5.41) is 4.04. The zero-order valence-corrected chi connectivity index (χ0v) is 21.5. The van der Waals surface area contributed by atoms with Crippen molar-refractivity contribution < 1.29 is 17.9 Å². The molecule has 0 aliphatic heterocycles. The Labute approximate surface area is 208 Å². The summed E-state index contributed by atoms with van der Waals surface area (Å²) in [4.78, 5) is 23.7. The van der Waals surface area contributed by atoms with Crippen LogP contribution in [0.2, 0.25) is 0 Å². The van der Waals surface area contributed by atoms with Gasteiger partial charge in [0, 0.05) is 41.3 Å². The number of nitrogens with zero attached hydrogens (tertiary/aromatic N) is 2. The highest BCUT2D eigenvalue weighted by atomic mass is 32.2. The average molecular weight is 519 g/mol. The molecule has 3 aromatic rings. The van der Waals surface area contributed by atoms with Crippen LogP contribution < -0.4 is 15.8 Å². The lowest BCUT2D eigenvalue weighted by atomic mass is 9.88. The van der Waals surface area contributed by atoms with Gasteiger partial charge in [0.1, 0.15) is 6.10 Å². The van der Waals surface area contributed by atoms with Gasteiger partial charge < -0.3 is 20.8 Å². The minimum Gasteiger partial charge on any atom is -0.446 e. The number of rotatable bonds is 7. The number of anilines is 2. The Kier molecular flexibility index (Phi) is 7.15. The van der Waals surface area contributed by atoms with E-state index < -0.39 is 21.7 Å². The Bertz CT molecular complexity index is 1270. The molecule has 0 atom stereocenters. The Morgan fingerprint density at radius 1 is 1.20 bits per heavy atom. The lowest BCUT2D eigenvalue weighted by molar-refractivity contribution is 0.0787. The first-order valence-electron chi connectivity index (χ1n) is 11.4. The Morgan fingerprint density at radius 2 is 1.94 bits per heavy atom. The van der Waals surface area contributed by atoms with Crippen molar-refractivity contribution in [1.82, 2.24) is 19.7 Å². The summed E-state index contributed by atoms with van der Waals surface area (Å²) < 4.78 is 34.7. The second kappa shape index (κ2) is 9.96. The predicted molar refractivity (Wildman–Crippen MR) is 135 cm³/mol. The highest BCUT2D eigenvalue weighted by Crippen LogP contribution is 2.40. The molecular weight excluding hydrogens is 488 g/mol. The topological polar surface area (TPSA) is 152 Å². The number of thiazole rings is 1. The summed E-state index contributed by atoms with van der Waals surface area (Å²) in [5.74, 6) is 0.745. The van der Waals surface area contributed by atoms with Gasteiger partial charge >= 0.3 is 6.09 Å². The first kappa shape index (κ1) is 25.1. The highest BCUT2D eigenvalue weighted by molar-refractivity contribution is 7.89. The molecule has 0 saturated heterocycles. The van der Waals surface area contributed by atoms with E-state index in [2.05, 4.69) is 25.0 Å². The maximum Gasteiger partial charge on any atom is 0.404 e. The average Bonchev–Trinajstić information content (AvgIpc) is 3.45. The molecule has 0 radical (unpaired) electrons. The molecule has 1 aliphatic carbocycles. The standard InChI is InChI=1S/C23H30N6O4S2/c1-23(2,3)29-35(31,32)19-12-15(28-22-25-10-11-26-22)6-9-17(19)18-13-27-20(34-18)14-4-7-16(8-5-14)33-21(24)30/h6,9-14,16,29H,4-5,7-8H2,1-3H3,(H2,24,30)(H2,25,26,28)/t14-,16-. The second-order valence-corrected chi connectivity index (χ2v) is 12.3. The number of sulfonamides is 1. The molecule has 1 amide bonds. The summed E-state index contributed by atoms with van der Waals surface area (Å²) in [6, 6.07) is 5.22. The van der Waals surface area contributed by atoms with E-state index in [-0.39, 0.29) is 16.9 Å². The quantitative estimate of drug-likeness (QED) is 0.360. The molecule has 0 bridgehead atoms. The van der Waals surface area contributed by atoms with Crippen molar-refractivity contribution >= 4 is 39.1 Å². The molecule has 35 heavy (non-hydrogen) atoms. The van der Waals surface area contributed by atoms with Crippen LogP contribution in [0.15, 0.2) is 41.7 Å². The number of aromatic nitrogens is 3. The number of H-pyrrole nitrogens is 1. The lowest BCUT2D eigenvalue weighted by Crippen LogP contribution is -2.40. The Balaban J connectivity index is 1.63. The molecule has 2 heterocycles. The van der Waals surface area contributed by atoms with Crippen LogP contribution >= 0.6 is 11.3 Å². The predicted octanol–water partition coefficient (Wildman–Crippen LogP) is 4.48. The van der Waals surface area contributed by atoms with Crippen molar-refractivity contribution in [2.24, 2.45) is 5.73 Å². The van der Waals surface area contributed by atoms with Crippen LogP contribution in [0.5, 0.6) is 0 Å². The fraction of sp³-hybridized carbons (Fsp3) is 0.435. The van der Waals surface area contributed by atoms with Gasteiger partial charge in [0.25, 0.3) is 0 Å². The van der Waals surface area contributed by atoms with Gasteiger partial charge in [0.05, 0.1) is 14.8 Å². The van der Waals surface area contributed by atoms with Gasteiger partial charge in [-0.3, -0.25) is 0 Å². The maximum absolute atomic E-state index is 13.4. The summed E-state index contributed by atoms with van der Waals surface area (Å²) in [6.45, 7) is 5.41. The minimum absolute atomic E-state index is 0.155. The summed E-state index contributed by atoms with van der Waals surface area (Å²) in [7, 11) is -3.83. The third-order valence-corrected chi connectivity index (χ3v) is 8.56. The lowest BCUT2D eigenvalue weighted by Gasteiger charge is -2.26. The van der Waals surface area contributed by atoms with E-state index in [9.17, 15) is 13.2 Å². The van der Waals surface area contributed by atoms with Gasteiger partial charge in [-0.25, -0.2) is 27.9 Å². The third-order valence-electron chi connectivity index (χ3n) is 5.57. The van der Waals surface area contributed by atoms with Crippen LogP contribution in [0.3, 0.4) is 0 Å². The van der Waals surface area contributed by atoms with Gasteiger partial charge in [-0.05, 0) is 58.6 Å². The van der Waals surface area contributed by atoms with Gasteiger partial charge in [-0.2, -0.15) is 0 Å². The van der Waals surface area contributed by atoms with Crippen LogP contribution in [-0.2, 0) is 14.8 Å². The zero-order chi connectivity index (χ0) is 25.2. The first-order chi connectivity index (χ1) is 16.5. The number of benzene rings is 1. The van der Waals surface area contributed by atoms with E-state index in [4.69, 9.17) is 10.5 Å². The van der Waals surface area contributed by atoms with Gasteiger partial charge in [-0.1, -0.05) is 6.07 Å². The largest absolute Gasteiger partial charge is 0.446 e. The number of nitrogens with one attached hydrogen (secondary N) is 3. The molecule has 12 heteroatoms. The molecule has 188 valence electrons. The van der Waals surface area contributed by atoms with Crippen molar-refractivity contribution in [3.8, 4) is 10.4 Å². The first-order valence-corrected chi connectivity index (χ1v) is 13.7. The molecule has 0 unspecified atom stereocenters. The molecule has 2 aromatic heterocycles. The van der Waals surface area contributed by atoms with Crippen molar-refractivity contribution in [2.45, 2.75) is 68.9 Å². The normalized spacial score (nSPS) is 18.8.